The number of hydrogen-bond acceptors (Lipinski definition) is 3. The molecule has 11 heavy (non-hydrogen) atoms. The number of nitrogens with one attached hydrogen (secondary N) is 1. The minimum absolute atomic E-state index is 0.244. The second-order valence-electron chi connectivity index (χ2n) is 2.40. The normalized spacial score (nSPS) is 30.2. The highest BCUT2D eigenvalue weighted by atomic mass is 32.2. The maximum Gasteiger partial charge on any atom is 0.321 e. The number of thioether (sulfide) groups is 1. The van der Waals surface area contributed by atoms with Crippen molar-refractivity contribution in [2.45, 2.75) is 17.8 Å². The van der Waals surface area contributed by atoms with Gasteiger partial charge >= 0.3 is 5.97 Å². The van der Waals surface area contributed by atoms with Crippen LogP contribution in [0.15, 0.2) is 12.7 Å². The lowest BCUT2D eigenvalue weighted by molar-refractivity contribution is -0.138. The molecular formula is C7H11NO2S. The van der Waals surface area contributed by atoms with E-state index < -0.39 is 5.97 Å². The van der Waals surface area contributed by atoms with Crippen molar-refractivity contribution >= 4 is 17.7 Å². The Morgan fingerprint density at radius 3 is 3.09 bits per heavy atom. The van der Waals surface area contributed by atoms with E-state index in [1.807, 2.05) is 0 Å². The van der Waals surface area contributed by atoms with Crippen LogP contribution in [0.1, 0.15) is 6.42 Å². The first-order valence-electron chi connectivity index (χ1n) is 3.45. The molecule has 1 aliphatic rings. The summed E-state index contributed by atoms with van der Waals surface area (Å²) >= 11 is 1.64. The van der Waals surface area contributed by atoms with Gasteiger partial charge in [0.1, 0.15) is 6.04 Å². The zero-order valence-corrected chi connectivity index (χ0v) is 6.93. The topological polar surface area (TPSA) is 49.3 Å². The van der Waals surface area contributed by atoms with E-state index in [4.69, 9.17) is 5.11 Å². The number of hydrogen-bond donors (Lipinski definition) is 2. The first kappa shape index (κ1) is 8.62. The summed E-state index contributed by atoms with van der Waals surface area (Å²) in [4.78, 5) is 10.4. The van der Waals surface area contributed by atoms with Crippen molar-refractivity contribution in [1.29, 1.82) is 0 Å². The van der Waals surface area contributed by atoms with E-state index >= 15 is 0 Å². The minimum atomic E-state index is -0.760. The van der Waals surface area contributed by atoms with Crippen LogP contribution in [0, 0.1) is 0 Å². The Hall–Kier alpha value is -0.480. The average molecular weight is 173 g/mol. The van der Waals surface area contributed by atoms with E-state index in [2.05, 4.69) is 11.9 Å². The van der Waals surface area contributed by atoms with E-state index in [9.17, 15) is 4.79 Å². The number of rotatable bonds is 3. The van der Waals surface area contributed by atoms with Crippen molar-refractivity contribution in [2.75, 3.05) is 5.75 Å². The zero-order chi connectivity index (χ0) is 8.27. The van der Waals surface area contributed by atoms with Crippen molar-refractivity contribution < 1.29 is 9.90 Å². The molecule has 1 aliphatic heterocycles. The molecule has 3 nitrogen and oxygen atoms in total. The summed E-state index contributed by atoms with van der Waals surface area (Å²) < 4.78 is 0. The SMILES string of the molecule is C=CCC1NC(C(=O)O)CS1. The number of aliphatic carboxylic acids is 1. The maximum absolute atomic E-state index is 10.4. The monoisotopic (exact) mass is 173 g/mol. The van der Waals surface area contributed by atoms with Crippen molar-refractivity contribution in [2.24, 2.45) is 0 Å². The molecule has 0 radical (unpaired) electrons. The van der Waals surface area contributed by atoms with E-state index in [1.165, 1.54) is 0 Å². The third kappa shape index (κ3) is 2.24. The van der Waals surface area contributed by atoms with Crippen LogP contribution < -0.4 is 5.32 Å². The average Bonchev–Trinajstić information content (AvgIpc) is 2.37. The number of carboxylic acid groups (broad SMARTS) is 1. The van der Waals surface area contributed by atoms with E-state index in [1.54, 1.807) is 17.8 Å². The van der Waals surface area contributed by atoms with Crippen molar-refractivity contribution in [3.8, 4) is 0 Å². The summed E-state index contributed by atoms with van der Waals surface area (Å²) in [5, 5.41) is 11.8. The lowest BCUT2D eigenvalue weighted by Gasteiger charge is -2.06. The quantitative estimate of drug-likeness (QED) is 0.616. The van der Waals surface area contributed by atoms with Gasteiger partial charge in [0.15, 0.2) is 0 Å². The molecule has 2 unspecified atom stereocenters. The molecule has 1 saturated heterocycles. The zero-order valence-electron chi connectivity index (χ0n) is 6.12. The van der Waals surface area contributed by atoms with Gasteiger partial charge in [-0.15, -0.1) is 18.3 Å². The predicted molar refractivity (Wildman–Crippen MR) is 45.6 cm³/mol. The van der Waals surface area contributed by atoms with Crippen LogP contribution in [0.3, 0.4) is 0 Å². The van der Waals surface area contributed by atoms with Crippen LogP contribution in [0.5, 0.6) is 0 Å². The Morgan fingerprint density at radius 1 is 1.91 bits per heavy atom. The molecule has 0 aromatic heterocycles. The van der Waals surface area contributed by atoms with Gasteiger partial charge < -0.3 is 5.11 Å². The first-order chi connectivity index (χ1) is 5.24. The fourth-order valence-electron chi connectivity index (χ4n) is 0.963. The lowest BCUT2D eigenvalue weighted by Crippen LogP contribution is -2.36. The largest absolute Gasteiger partial charge is 0.480 e. The smallest absolute Gasteiger partial charge is 0.321 e. The summed E-state index contributed by atoms with van der Waals surface area (Å²) in [6, 6.07) is -0.370. The highest BCUT2D eigenvalue weighted by Gasteiger charge is 2.28. The van der Waals surface area contributed by atoms with Crippen molar-refractivity contribution in [3.05, 3.63) is 12.7 Å². The summed E-state index contributed by atoms with van der Waals surface area (Å²) in [7, 11) is 0. The van der Waals surface area contributed by atoms with Gasteiger partial charge in [0, 0.05) is 5.75 Å². The molecule has 1 fully saturated rings. The summed E-state index contributed by atoms with van der Waals surface area (Å²) in [5.74, 6) is -0.0996. The molecule has 0 aromatic rings. The third-order valence-electron chi connectivity index (χ3n) is 1.53. The Labute approximate surface area is 69.9 Å². The minimum Gasteiger partial charge on any atom is -0.480 e. The molecular weight excluding hydrogens is 162 g/mol. The predicted octanol–water partition coefficient (Wildman–Crippen LogP) is 0.678. The van der Waals surface area contributed by atoms with E-state index in [-0.39, 0.29) is 11.4 Å². The molecule has 0 spiro atoms. The molecule has 1 heterocycles. The van der Waals surface area contributed by atoms with Gasteiger partial charge in [0.25, 0.3) is 0 Å². The number of carbonyl (C=O) groups is 1. The summed E-state index contributed by atoms with van der Waals surface area (Å²) in [6.45, 7) is 3.59. The molecule has 0 amide bonds. The fourth-order valence-corrected chi connectivity index (χ4v) is 2.16. The highest BCUT2D eigenvalue weighted by Crippen LogP contribution is 2.21. The molecule has 0 aliphatic carbocycles. The summed E-state index contributed by atoms with van der Waals surface area (Å²) in [5.41, 5.74) is 0. The molecule has 62 valence electrons. The van der Waals surface area contributed by atoms with Gasteiger partial charge in [-0.1, -0.05) is 6.08 Å². The van der Waals surface area contributed by atoms with Gasteiger partial charge in [0.05, 0.1) is 5.37 Å². The Kier molecular flexibility index (Phi) is 2.96. The maximum atomic E-state index is 10.4. The van der Waals surface area contributed by atoms with E-state index in [0.29, 0.717) is 5.75 Å². The number of carboxylic acids is 1. The van der Waals surface area contributed by atoms with Gasteiger partial charge in [-0.3, -0.25) is 10.1 Å². The van der Waals surface area contributed by atoms with Crippen LogP contribution in [0.2, 0.25) is 0 Å². The van der Waals surface area contributed by atoms with Crippen LogP contribution in [0.25, 0.3) is 0 Å². The van der Waals surface area contributed by atoms with E-state index in [0.717, 1.165) is 6.42 Å². The highest BCUT2D eigenvalue weighted by molar-refractivity contribution is 8.00. The first-order valence-corrected chi connectivity index (χ1v) is 4.50. The van der Waals surface area contributed by atoms with Gasteiger partial charge in [-0.25, -0.2) is 0 Å². The van der Waals surface area contributed by atoms with Crippen molar-refractivity contribution in [1.82, 2.24) is 5.32 Å². The Balaban J connectivity index is 2.34. The van der Waals surface area contributed by atoms with Gasteiger partial charge in [-0.05, 0) is 6.42 Å². The summed E-state index contributed by atoms with van der Waals surface area (Å²) in [6.07, 6.45) is 2.63. The fraction of sp³-hybridized carbons (Fsp3) is 0.571. The van der Waals surface area contributed by atoms with Gasteiger partial charge in [0.2, 0.25) is 0 Å². The Bertz CT molecular complexity index is 172. The molecule has 2 N–H and O–H groups in total. The van der Waals surface area contributed by atoms with Crippen LogP contribution >= 0.6 is 11.8 Å². The second-order valence-corrected chi connectivity index (χ2v) is 3.64. The van der Waals surface area contributed by atoms with Crippen molar-refractivity contribution in [3.63, 3.8) is 0 Å². The van der Waals surface area contributed by atoms with Crippen LogP contribution in [-0.4, -0.2) is 28.2 Å². The van der Waals surface area contributed by atoms with Crippen LogP contribution in [-0.2, 0) is 4.79 Å². The molecule has 2 atom stereocenters. The Morgan fingerprint density at radius 2 is 2.64 bits per heavy atom. The molecule has 0 aromatic carbocycles. The lowest BCUT2D eigenvalue weighted by atomic mass is 10.3. The standard InChI is InChI=1S/C7H11NO2S/c1-2-3-6-8-5(4-11-6)7(9)10/h2,5-6,8H,1,3-4H2,(H,9,10). The molecule has 0 saturated carbocycles. The second kappa shape index (κ2) is 3.78. The van der Waals surface area contributed by atoms with Gasteiger partial charge in [-0.2, -0.15) is 0 Å². The molecule has 1 rings (SSSR count). The van der Waals surface area contributed by atoms with Crippen LogP contribution in [0.4, 0.5) is 0 Å². The third-order valence-corrected chi connectivity index (χ3v) is 2.79. The molecule has 0 bridgehead atoms. The molecule has 4 heteroatoms.